The van der Waals surface area contributed by atoms with Crippen molar-refractivity contribution >= 4 is 39.5 Å². The molecule has 30 heavy (non-hydrogen) atoms. The number of esters is 2. The molecule has 0 bridgehead atoms. The van der Waals surface area contributed by atoms with Crippen LogP contribution in [0.2, 0.25) is 0 Å². The molecule has 0 N–H and O–H groups in total. The maximum atomic E-state index is 11.7. The zero-order valence-corrected chi connectivity index (χ0v) is 20.2. The van der Waals surface area contributed by atoms with Gasteiger partial charge in [-0.2, -0.15) is 0 Å². The third-order valence-electron chi connectivity index (χ3n) is 2.17. The summed E-state index contributed by atoms with van der Waals surface area (Å²) in [5.74, 6) is -1.13. The quantitative estimate of drug-likeness (QED) is 0.255. The van der Waals surface area contributed by atoms with Gasteiger partial charge < -0.3 is 0 Å². The van der Waals surface area contributed by atoms with Crippen molar-refractivity contribution < 1.29 is 66.4 Å². The Hall–Kier alpha value is -1.92. The van der Waals surface area contributed by atoms with E-state index in [-0.39, 0.29) is 9.81 Å². The van der Waals surface area contributed by atoms with E-state index in [0.717, 1.165) is 56.8 Å². The van der Waals surface area contributed by atoms with E-state index >= 15 is 0 Å². The minimum atomic E-state index is -0.566. The predicted octanol–water partition coefficient (Wildman–Crippen LogP) is 1.56. The number of thioether (sulfide) groups is 2. The summed E-state index contributed by atoms with van der Waals surface area (Å²) in [6.45, 7) is 26.2. The summed E-state index contributed by atoms with van der Waals surface area (Å²) in [6.07, 6.45) is 1.64. The van der Waals surface area contributed by atoms with Crippen molar-refractivity contribution in [2.45, 2.75) is 0 Å². The molecule has 1 aliphatic rings. The van der Waals surface area contributed by atoms with Gasteiger partial charge >= 0.3 is 193 Å². The van der Waals surface area contributed by atoms with Crippen LogP contribution in [0, 0.1) is 33.3 Å². The Morgan fingerprint density at radius 3 is 1.30 bits per heavy atom. The van der Waals surface area contributed by atoms with Gasteiger partial charge in [-0.25, -0.2) is 0 Å². The molecule has 0 aromatic heterocycles. The average molecular weight is 624 g/mol. The van der Waals surface area contributed by atoms with E-state index in [0.29, 0.717) is 0 Å². The molecule has 0 fully saturated rings. The standard InChI is InChI=1S/C12H12O5S2.5CO.W/c1-5-7(6-15-2)12-18-8(10(13)16-3)9(19-12)11(14)17-4;5*1-2;/h5H,1H2,2-4H3;;;;;;. The van der Waals surface area contributed by atoms with Crippen LogP contribution in [0.15, 0.2) is 32.3 Å². The predicted molar refractivity (Wildman–Crippen MR) is 95.1 cm³/mol. The molecule has 0 aliphatic carbocycles. The van der Waals surface area contributed by atoms with Gasteiger partial charge in [0.1, 0.15) is 0 Å². The second-order valence-electron chi connectivity index (χ2n) is 3.24. The molecule has 0 saturated carbocycles. The molecule has 10 nitrogen and oxygen atoms in total. The second-order valence-corrected chi connectivity index (χ2v) is 6.87. The molecular formula is C17H12O10S2W. The van der Waals surface area contributed by atoms with Gasteiger partial charge in [0.05, 0.1) is 0 Å². The topological polar surface area (TPSA) is 161 Å². The first kappa shape index (κ1) is 38.7. The van der Waals surface area contributed by atoms with E-state index in [2.05, 4.69) is 49.3 Å². The fraction of sp³-hybridized carbons (Fsp3) is 0.176. The summed E-state index contributed by atoms with van der Waals surface area (Å²) >= 11 is 3.44. The fourth-order valence-electron chi connectivity index (χ4n) is 1.22. The number of hydrogen-bond donors (Lipinski definition) is 0. The van der Waals surface area contributed by atoms with E-state index < -0.39 is 11.9 Å². The summed E-state index contributed by atoms with van der Waals surface area (Å²) < 4.78 is 53.6. The monoisotopic (exact) mass is 624 g/mol. The van der Waals surface area contributed by atoms with Gasteiger partial charge in [0.15, 0.2) is 0 Å². The van der Waals surface area contributed by atoms with Gasteiger partial charge in [-0.05, 0) is 0 Å². The van der Waals surface area contributed by atoms with Gasteiger partial charge in [-0.1, -0.05) is 0 Å². The van der Waals surface area contributed by atoms with E-state index in [9.17, 15) is 9.59 Å². The van der Waals surface area contributed by atoms with Crippen LogP contribution < -0.4 is 0 Å². The van der Waals surface area contributed by atoms with Crippen LogP contribution in [0.25, 0.3) is 0 Å². The molecule has 1 aliphatic heterocycles. The molecule has 158 valence electrons. The SMILES string of the molecule is C=CC([C](=[W])OC)=C1SC(C(=O)OC)=C(C(=O)OC)S1.[C-]#[O+].[C-]#[O+].[C-]#[O+].[C-]#[O+].[C-]#[O+]. The van der Waals surface area contributed by atoms with Gasteiger partial charge in [-0.3, -0.25) is 0 Å². The number of carbonyl (C=O) groups is 2. The molecule has 0 aromatic rings. The van der Waals surface area contributed by atoms with Crippen molar-refractivity contribution in [2.75, 3.05) is 21.3 Å². The van der Waals surface area contributed by atoms with Gasteiger partial charge in [0.2, 0.25) is 0 Å². The number of methoxy groups -OCH3 is 3. The van der Waals surface area contributed by atoms with E-state index in [1.807, 2.05) is 0 Å². The Morgan fingerprint density at radius 1 is 0.800 bits per heavy atom. The van der Waals surface area contributed by atoms with Crippen molar-refractivity contribution in [3.63, 3.8) is 0 Å². The Labute approximate surface area is 192 Å². The Morgan fingerprint density at radius 2 is 1.10 bits per heavy atom. The van der Waals surface area contributed by atoms with Crippen LogP contribution in [0.1, 0.15) is 0 Å². The second kappa shape index (κ2) is 29.3. The zero-order valence-electron chi connectivity index (χ0n) is 15.6. The molecule has 1 rings (SSSR count). The molecular weight excluding hydrogens is 612 g/mol. The van der Waals surface area contributed by atoms with Crippen LogP contribution in [-0.2, 0) is 66.4 Å². The first-order valence-corrected chi connectivity index (χ1v) is 9.33. The molecule has 0 unspecified atom stereocenters. The molecule has 0 amide bonds. The van der Waals surface area contributed by atoms with Crippen molar-refractivity contribution in [3.8, 4) is 0 Å². The third-order valence-corrected chi connectivity index (χ3v) is 6.15. The van der Waals surface area contributed by atoms with Crippen LogP contribution in [-0.4, -0.2) is 37.4 Å². The third kappa shape index (κ3) is 14.1. The Bertz CT molecular complexity index is 677. The normalized spacial score (nSPS) is 9.70. The van der Waals surface area contributed by atoms with E-state index in [1.165, 1.54) is 14.2 Å². The summed E-state index contributed by atoms with van der Waals surface area (Å²) in [6, 6.07) is 0. The number of hydrogen-bond acceptors (Lipinski definition) is 7. The summed E-state index contributed by atoms with van der Waals surface area (Å²) in [5, 5.41) is 0. The summed E-state index contributed by atoms with van der Waals surface area (Å²) in [7, 11) is 4.09. The molecule has 0 aromatic carbocycles. The average Bonchev–Trinajstić information content (AvgIpc) is 3.29. The summed E-state index contributed by atoms with van der Waals surface area (Å²) in [4.78, 5) is 23.9. The van der Waals surface area contributed by atoms with Crippen LogP contribution in [0.3, 0.4) is 0 Å². The first-order valence-electron chi connectivity index (χ1n) is 6.23. The number of rotatable bonds is 5. The van der Waals surface area contributed by atoms with Crippen LogP contribution >= 0.6 is 23.5 Å². The maximum absolute atomic E-state index is 11.7. The molecule has 0 saturated heterocycles. The zero-order chi connectivity index (χ0) is 25.3. The van der Waals surface area contributed by atoms with E-state index in [1.54, 1.807) is 13.2 Å². The molecule has 0 atom stereocenters. The van der Waals surface area contributed by atoms with Gasteiger partial charge in [0, 0.05) is 0 Å². The van der Waals surface area contributed by atoms with Crippen molar-refractivity contribution in [2.24, 2.45) is 0 Å². The molecule has 13 heteroatoms. The summed E-state index contributed by atoms with van der Waals surface area (Å²) in [5.41, 5.74) is 0.762. The number of carbonyl (C=O) groups excluding carboxylic acids is 2. The minimum absolute atomic E-state index is 0.220. The fourth-order valence-corrected chi connectivity index (χ4v) is 4.95. The molecule has 0 spiro atoms. The Kier molecular flexibility index (Phi) is 37.7. The first-order chi connectivity index (χ1) is 14.5. The van der Waals surface area contributed by atoms with Crippen LogP contribution in [0.4, 0.5) is 0 Å². The van der Waals surface area contributed by atoms with Gasteiger partial charge in [0.25, 0.3) is 0 Å². The number of ether oxygens (including phenoxy) is 3. The Balaban J connectivity index is -0.000000182. The van der Waals surface area contributed by atoms with Crippen molar-refractivity contribution in [3.05, 3.63) is 65.5 Å². The van der Waals surface area contributed by atoms with Crippen molar-refractivity contribution in [1.82, 2.24) is 0 Å². The van der Waals surface area contributed by atoms with Crippen molar-refractivity contribution in [1.29, 1.82) is 0 Å². The molecule has 0 radical (unpaired) electrons. The van der Waals surface area contributed by atoms with E-state index in [4.69, 9.17) is 28.0 Å². The van der Waals surface area contributed by atoms with Gasteiger partial charge in [-0.15, -0.1) is 0 Å². The molecule has 1 heterocycles. The van der Waals surface area contributed by atoms with Crippen LogP contribution in [0.5, 0.6) is 0 Å².